The van der Waals surface area contributed by atoms with Gasteiger partial charge in [-0.25, -0.2) is 0 Å². The van der Waals surface area contributed by atoms with Crippen LogP contribution in [0.4, 0.5) is 11.4 Å². The van der Waals surface area contributed by atoms with Crippen molar-refractivity contribution in [2.24, 2.45) is 10.2 Å². The van der Waals surface area contributed by atoms with Gasteiger partial charge in [-0.05, 0) is 48.9 Å². The summed E-state index contributed by atoms with van der Waals surface area (Å²) in [6.07, 6.45) is 1.65. The Morgan fingerprint density at radius 3 is 2.45 bits per heavy atom. The van der Waals surface area contributed by atoms with Crippen molar-refractivity contribution in [2.75, 3.05) is 10.2 Å². The molecule has 0 spiro atoms. The summed E-state index contributed by atoms with van der Waals surface area (Å²) in [4.78, 5) is 27.3. The monoisotopic (exact) mass is 476 g/mol. The number of halogens is 1. The molecule has 1 N–H and O–H groups in total. The summed E-state index contributed by atoms with van der Waals surface area (Å²) in [5, 5.41) is 11.7. The molecule has 1 fully saturated rings. The molecule has 1 unspecified atom stereocenters. The molecule has 1 atom stereocenters. The van der Waals surface area contributed by atoms with Crippen LogP contribution in [0.5, 0.6) is 0 Å². The Morgan fingerprint density at radius 2 is 1.76 bits per heavy atom. The summed E-state index contributed by atoms with van der Waals surface area (Å²) in [6, 6.07) is 23.9. The molecule has 6 nitrogen and oxygen atoms in total. The van der Waals surface area contributed by atoms with Gasteiger partial charge in [0, 0.05) is 17.1 Å². The minimum atomic E-state index is -0.606. The van der Waals surface area contributed by atoms with Crippen LogP contribution in [-0.4, -0.2) is 28.4 Å². The fourth-order valence-corrected chi connectivity index (χ4v) is 4.41. The lowest BCUT2D eigenvalue weighted by atomic mass is 10.2. The highest BCUT2D eigenvalue weighted by atomic mass is 35.5. The van der Waals surface area contributed by atoms with Crippen LogP contribution in [0, 0.1) is 6.92 Å². The van der Waals surface area contributed by atoms with E-state index in [0.29, 0.717) is 21.6 Å². The average Bonchev–Trinajstić information content (AvgIpc) is 3.12. The number of nitrogens with one attached hydrogen (secondary N) is 1. The lowest BCUT2D eigenvalue weighted by molar-refractivity contribution is -0.121. The van der Waals surface area contributed by atoms with E-state index in [-0.39, 0.29) is 18.2 Å². The molecule has 1 aliphatic heterocycles. The van der Waals surface area contributed by atoms with Crippen LogP contribution in [0.3, 0.4) is 0 Å². The number of anilines is 2. The number of hydrogen-bond acceptors (Lipinski definition) is 5. The highest BCUT2D eigenvalue weighted by Gasteiger charge is 2.40. The number of aryl methyl sites for hydroxylation is 1. The molecule has 1 aliphatic rings. The molecular weight excluding hydrogens is 456 g/mol. The molecule has 0 aliphatic carbocycles. The number of para-hydroxylation sites is 1. The number of amidine groups is 1. The van der Waals surface area contributed by atoms with Crippen molar-refractivity contribution in [1.82, 2.24) is 0 Å². The van der Waals surface area contributed by atoms with Crippen molar-refractivity contribution in [3.05, 3.63) is 95.0 Å². The van der Waals surface area contributed by atoms with Crippen LogP contribution >= 0.6 is 23.4 Å². The molecule has 1 heterocycles. The maximum Gasteiger partial charge on any atom is 0.247 e. The second-order valence-corrected chi connectivity index (χ2v) is 9.02. The Bertz CT molecular complexity index is 1200. The van der Waals surface area contributed by atoms with Gasteiger partial charge in [-0.15, -0.1) is 5.10 Å². The maximum absolute atomic E-state index is 13.2. The second kappa shape index (κ2) is 10.5. The zero-order chi connectivity index (χ0) is 23.2. The Balaban J connectivity index is 1.52. The second-order valence-electron chi connectivity index (χ2n) is 7.41. The highest BCUT2D eigenvalue weighted by molar-refractivity contribution is 8.16. The minimum Gasteiger partial charge on any atom is -0.326 e. The molecule has 0 bridgehead atoms. The smallest absolute Gasteiger partial charge is 0.247 e. The van der Waals surface area contributed by atoms with Crippen molar-refractivity contribution >= 4 is 57.9 Å². The van der Waals surface area contributed by atoms with E-state index < -0.39 is 5.25 Å². The quantitative estimate of drug-likeness (QED) is 0.376. The van der Waals surface area contributed by atoms with Gasteiger partial charge >= 0.3 is 0 Å². The van der Waals surface area contributed by atoms with Gasteiger partial charge in [0.05, 0.1) is 11.9 Å². The van der Waals surface area contributed by atoms with Crippen LogP contribution in [0.25, 0.3) is 0 Å². The Labute approximate surface area is 201 Å². The van der Waals surface area contributed by atoms with E-state index in [0.717, 1.165) is 11.1 Å². The predicted molar refractivity (Wildman–Crippen MR) is 136 cm³/mol. The van der Waals surface area contributed by atoms with Crippen molar-refractivity contribution in [3.63, 3.8) is 0 Å². The third-order valence-corrected chi connectivity index (χ3v) is 6.26. The van der Waals surface area contributed by atoms with E-state index in [4.69, 9.17) is 11.6 Å². The molecule has 1 saturated heterocycles. The minimum absolute atomic E-state index is 0.0101. The van der Waals surface area contributed by atoms with Gasteiger partial charge in [-0.1, -0.05) is 71.4 Å². The fraction of sp³-hybridized carbons (Fsp3) is 0.120. The average molecular weight is 477 g/mol. The SMILES string of the molecule is Cc1ccc(/C=N/N=C2\SC(CC(=O)Nc3ccc(Cl)cc3)C(=O)N2c2ccccc2)cc1. The third-order valence-electron chi connectivity index (χ3n) is 4.88. The van der Waals surface area contributed by atoms with Gasteiger partial charge in [-0.2, -0.15) is 5.10 Å². The van der Waals surface area contributed by atoms with Gasteiger partial charge in [0.15, 0.2) is 5.17 Å². The van der Waals surface area contributed by atoms with E-state index in [1.54, 1.807) is 30.5 Å². The summed E-state index contributed by atoms with van der Waals surface area (Å²) in [5.74, 6) is -0.470. The fourth-order valence-electron chi connectivity index (χ4n) is 3.19. The summed E-state index contributed by atoms with van der Waals surface area (Å²) in [7, 11) is 0. The van der Waals surface area contributed by atoms with Crippen molar-refractivity contribution in [1.29, 1.82) is 0 Å². The largest absolute Gasteiger partial charge is 0.326 e. The molecule has 8 heteroatoms. The zero-order valence-electron chi connectivity index (χ0n) is 17.8. The van der Waals surface area contributed by atoms with E-state index in [1.807, 2.05) is 61.5 Å². The zero-order valence-corrected chi connectivity index (χ0v) is 19.4. The van der Waals surface area contributed by atoms with Gasteiger partial charge < -0.3 is 5.32 Å². The molecule has 3 aromatic carbocycles. The van der Waals surface area contributed by atoms with Crippen LogP contribution in [0.15, 0.2) is 89.1 Å². The molecule has 0 aromatic heterocycles. The standard InChI is InChI=1S/C25H21ClN4O2S/c1-17-7-9-18(10-8-17)16-27-29-25-30(21-5-3-2-4-6-21)24(32)22(33-25)15-23(31)28-20-13-11-19(26)12-14-20/h2-14,16,22H,15H2,1H3,(H,28,31)/b27-16+,29-25-. The summed E-state index contributed by atoms with van der Waals surface area (Å²) in [6.45, 7) is 2.02. The van der Waals surface area contributed by atoms with Gasteiger partial charge in [0.2, 0.25) is 11.8 Å². The van der Waals surface area contributed by atoms with Gasteiger partial charge in [0.25, 0.3) is 0 Å². The summed E-state index contributed by atoms with van der Waals surface area (Å²) >= 11 is 7.12. The summed E-state index contributed by atoms with van der Waals surface area (Å²) in [5.41, 5.74) is 3.37. The molecule has 0 saturated carbocycles. The number of nitrogens with zero attached hydrogens (tertiary/aromatic N) is 3. The van der Waals surface area contributed by atoms with Crippen molar-refractivity contribution < 1.29 is 9.59 Å². The Kier molecular flexibility index (Phi) is 7.22. The molecule has 4 rings (SSSR count). The number of hydrogen-bond donors (Lipinski definition) is 1. The molecular formula is C25H21ClN4O2S. The molecule has 166 valence electrons. The maximum atomic E-state index is 13.2. The normalized spacial score (nSPS) is 17.2. The molecule has 0 radical (unpaired) electrons. The Morgan fingerprint density at radius 1 is 1.06 bits per heavy atom. The van der Waals surface area contributed by atoms with Gasteiger partial charge in [-0.3, -0.25) is 14.5 Å². The van der Waals surface area contributed by atoms with Gasteiger partial charge in [0.1, 0.15) is 5.25 Å². The molecule has 3 aromatic rings. The number of thioether (sulfide) groups is 1. The van der Waals surface area contributed by atoms with E-state index in [2.05, 4.69) is 15.5 Å². The highest BCUT2D eigenvalue weighted by Crippen LogP contribution is 2.34. The van der Waals surface area contributed by atoms with E-state index in [9.17, 15) is 9.59 Å². The number of amides is 2. The lowest BCUT2D eigenvalue weighted by Crippen LogP contribution is -2.33. The van der Waals surface area contributed by atoms with E-state index in [1.165, 1.54) is 16.7 Å². The number of rotatable bonds is 6. The van der Waals surface area contributed by atoms with Crippen LogP contribution < -0.4 is 10.2 Å². The first-order chi connectivity index (χ1) is 16.0. The number of carbonyl (C=O) groups excluding carboxylic acids is 2. The van der Waals surface area contributed by atoms with Crippen LogP contribution in [0.2, 0.25) is 5.02 Å². The number of carbonyl (C=O) groups is 2. The van der Waals surface area contributed by atoms with Crippen molar-refractivity contribution in [2.45, 2.75) is 18.6 Å². The third kappa shape index (κ3) is 5.88. The molecule has 33 heavy (non-hydrogen) atoms. The first kappa shape index (κ1) is 22.8. The van der Waals surface area contributed by atoms with E-state index >= 15 is 0 Å². The summed E-state index contributed by atoms with van der Waals surface area (Å²) < 4.78 is 0. The topological polar surface area (TPSA) is 74.1 Å². The van der Waals surface area contributed by atoms with Crippen LogP contribution in [0.1, 0.15) is 17.5 Å². The lowest BCUT2D eigenvalue weighted by Gasteiger charge is -2.15. The number of benzene rings is 3. The first-order valence-electron chi connectivity index (χ1n) is 10.3. The Hall–Kier alpha value is -3.42. The van der Waals surface area contributed by atoms with Crippen molar-refractivity contribution in [3.8, 4) is 0 Å². The molecule has 2 amide bonds. The predicted octanol–water partition coefficient (Wildman–Crippen LogP) is 5.52. The van der Waals surface area contributed by atoms with Crippen LogP contribution in [-0.2, 0) is 9.59 Å². The first-order valence-corrected chi connectivity index (χ1v) is 11.5.